The van der Waals surface area contributed by atoms with Gasteiger partial charge >= 0.3 is 0 Å². The van der Waals surface area contributed by atoms with Crippen LogP contribution in [-0.2, 0) is 5.60 Å². The Morgan fingerprint density at radius 1 is 1.17 bits per heavy atom. The monoisotopic (exact) mass is 245 g/mol. The normalized spacial score (nSPS) is 35.5. The van der Waals surface area contributed by atoms with Gasteiger partial charge in [0.15, 0.2) is 0 Å². The van der Waals surface area contributed by atoms with Gasteiger partial charge < -0.3 is 10.4 Å². The van der Waals surface area contributed by atoms with E-state index < -0.39 is 5.60 Å². The molecule has 2 heteroatoms. The van der Waals surface area contributed by atoms with Crippen LogP contribution >= 0.6 is 0 Å². The van der Waals surface area contributed by atoms with Crippen LogP contribution in [0.2, 0.25) is 0 Å². The molecule has 1 aromatic rings. The quantitative estimate of drug-likeness (QED) is 0.797. The Bertz CT molecular complexity index is 442. The zero-order valence-corrected chi connectivity index (χ0v) is 11.4. The van der Waals surface area contributed by atoms with Gasteiger partial charge in [0.25, 0.3) is 0 Å². The highest BCUT2D eigenvalue weighted by Gasteiger charge is 2.42. The van der Waals surface area contributed by atoms with E-state index in [2.05, 4.69) is 37.4 Å². The number of fused-ring (bicyclic) bond motifs is 2. The summed E-state index contributed by atoms with van der Waals surface area (Å²) in [4.78, 5) is 0. The molecule has 0 spiro atoms. The zero-order valence-electron chi connectivity index (χ0n) is 11.4. The number of piperidine rings is 2. The van der Waals surface area contributed by atoms with E-state index in [0.717, 1.165) is 18.4 Å². The molecule has 0 aliphatic carbocycles. The lowest BCUT2D eigenvalue weighted by atomic mass is 9.72. The summed E-state index contributed by atoms with van der Waals surface area (Å²) in [7, 11) is 0. The molecule has 0 aromatic heterocycles. The summed E-state index contributed by atoms with van der Waals surface area (Å²) in [6.07, 6.45) is 5.47. The SMILES string of the molecule is Cc1ccc(C)c(C2(O)CC3CCCC(C2)N3)c1. The molecule has 3 rings (SSSR count). The van der Waals surface area contributed by atoms with Crippen LogP contribution in [0.3, 0.4) is 0 Å². The highest BCUT2D eigenvalue weighted by atomic mass is 16.3. The zero-order chi connectivity index (χ0) is 12.8. The number of aliphatic hydroxyl groups is 1. The number of rotatable bonds is 1. The lowest BCUT2D eigenvalue weighted by molar-refractivity contribution is -0.0363. The van der Waals surface area contributed by atoms with E-state index in [1.54, 1.807) is 0 Å². The minimum Gasteiger partial charge on any atom is -0.385 e. The molecule has 2 atom stereocenters. The summed E-state index contributed by atoms with van der Waals surface area (Å²) in [5.41, 5.74) is 3.01. The van der Waals surface area contributed by atoms with Gasteiger partial charge in [0.2, 0.25) is 0 Å². The smallest absolute Gasteiger partial charge is 0.0928 e. The predicted octanol–water partition coefficient (Wildman–Crippen LogP) is 2.80. The molecular formula is C16H23NO. The Morgan fingerprint density at radius 2 is 1.83 bits per heavy atom. The Hall–Kier alpha value is -0.860. The molecule has 2 heterocycles. The molecule has 2 N–H and O–H groups in total. The van der Waals surface area contributed by atoms with Gasteiger partial charge in [-0.2, -0.15) is 0 Å². The maximum atomic E-state index is 11.1. The summed E-state index contributed by atoms with van der Waals surface area (Å²) < 4.78 is 0. The minimum absolute atomic E-state index is 0.502. The molecule has 0 radical (unpaired) electrons. The molecule has 98 valence electrons. The molecule has 2 nitrogen and oxygen atoms in total. The fraction of sp³-hybridized carbons (Fsp3) is 0.625. The van der Waals surface area contributed by atoms with Gasteiger partial charge in [-0.15, -0.1) is 0 Å². The van der Waals surface area contributed by atoms with Crippen LogP contribution in [0, 0.1) is 13.8 Å². The van der Waals surface area contributed by atoms with E-state index in [9.17, 15) is 5.11 Å². The number of benzene rings is 1. The first-order valence-corrected chi connectivity index (χ1v) is 7.13. The Balaban J connectivity index is 1.96. The predicted molar refractivity (Wildman–Crippen MR) is 73.6 cm³/mol. The average Bonchev–Trinajstić information content (AvgIpc) is 2.31. The fourth-order valence-corrected chi connectivity index (χ4v) is 3.79. The largest absolute Gasteiger partial charge is 0.385 e. The molecule has 2 aliphatic rings. The van der Waals surface area contributed by atoms with Crippen LogP contribution < -0.4 is 5.32 Å². The lowest BCUT2D eigenvalue weighted by Gasteiger charge is -2.46. The number of aryl methyl sites for hydroxylation is 2. The highest BCUT2D eigenvalue weighted by Crippen LogP contribution is 2.40. The third kappa shape index (κ3) is 2.08. The van der Waals surface area contributed by atoms with E-state index in [0.29, 0.717) is 12.1 Å². The first-order chi connectivity index (χ1) is 8.57. The van der Waals surface area contributed by atoms with Crippen molar-refractivity contribution in [3.05, 3.63) is 34.9 Å². The second kappa shape index (κ2) is 4.36. The summed E-state index contributed by atoms with van der Waals surface area (Å²) in [5, 5.41) is 14.8. The van der Waals surface area contributed by atoms with E-state index in [1.807, 2.05) is 0 Å². The van der Waals surface area contributed by atoms with Crippen LogP contribution in [0.5, 0.6) is 0 Å². The van der Waals surface area contributed by atoms with Crippen molar-refractivity contribution in [3.8, 4) is 0 Å². The maximum Gasteiger partial charge on any atom is 0.0928 e. The van der Waals surface area contributed by atoms with Gasteiger partial charge in [-0.05, 0) is 50.7 Å². The van der Waals surface area contributed by atoms with Crippen molar-refractivity contribution in [1.29, 1.82) is 0 Å². The maximum absolute atomic E-state index is 11.1. The van der Waals surface area contributed by atoms with Crippen LogP contribution in [-0.4, -0.2) is 17.2 Å². The van der Waals surface area contributed by atoms with Crippen molar-refractivity contribution >= 4 is 0 Å². The Labute approximate surface area is 109 Å². The third-order valence-electron chi connectivity index (χ3n) is 4.64. The fourth-order valence-electron chi connectivity index (χ4n) is 3.79. The summed E-state index contributed by atoms with van der Waals surface area (Å²) >= 11 is 0. The molecule has 2 unspecified atom stereocenters. The molecule has 1 aromatic carbocycles. The van der Waals surface area contributed by atoms with Crippen molar-refractivity contribution in [2.24, 2.45) is 0 Å². The molecule has 2 aliphatic heterocycles. The van der Waals surface area contributed by atoms with Gasteiger partial charge in [0.05, 0.1) is 5.60 Å². The molecule has 2 fully saturated rings. The average molecular weight is 245 g/mol. The topological polar surface area (TPSA) is 32.3 Å². The van der Waals surface area contributed by atoms with E-state index in [4.69, 9.17) is 0 Å². The number of nitrogens with one attached hydrogen (secondary N) is 1. The second-order valence-electron chi connectivity index (χ2n) is 6.25. The van der Waals surface area contributed by atoms with Crippen molar-refractivity contribution in [2.75, 3.05) is 0 Å². The summed E-state index contributed by atoms with van der Waals surface area (Å²) in [5.74, 6) is 0. The van der Waals surface area contributed by atoms with Crippen LogP contribution in [0.1, 0.15) is 48.8 Å². The lowest BCUT2D eigenvalue weighted by Crippen LogP contribution is -2.54. The van der Waals surface area contributed by atoms with E-state index in [-0.39, 0.29) is 0 Å². The van der Waals surface area contributed by atoms with Gasteiger partial charge in [-0.3, -0.25) is 0 Å². The summed E-state index contributed by atoms with van der Waals surface area (Å²) in [6.45, 7) is 4.22. The van der Waals surface area contributed by atoms with Crippen molar-refractivity contribution in [1.82, 2.24) is 5.32 Å². The second-order valence-corrected chi connectivity index (χ2v) is 6.25. The first-order valence-electron chi connectivity index (χ1n) is 7.13. The molecule has 18 heavy (non-hydrogen) atoms. The van der Waals surface area contributed by atoms with Gasteiger partial charge in [-0.1, -0.05) is 30.2 Å². The van der Waals surface area contributed by atoms with Crippen LogP contribution in [0.25, 0.3) is 0 Å². The minimum atomic E-state index is -0.614. The molecule has 2 saturated heterocycles. The van der Waals surface area contributed by atoms with Crippen LogP contribution in [0.15, 0.2) is 18.2 Å². The van der Waals surface area contributed by atoms with Gasteiger partial charge in [0, 0.05) is 12.1 Å². The highest BCUT2D eigenvalue weighted by molar-refractivity contribution is 5.36. The third-order valence-corrected chi connectivity index (χ3v) is 4.64. The Morgan fingerprint density at radius 3 is 2.50 bits per heavy atom. The van der Waals surface area contributed by atoms with Crippen molar-refractivity contribution in [2.45, 2.75) is 63.6 Å². The Kier molecular flexibility index (Phi) is 2.95. The molecule has 0 amide bonds. The number of hydrogen-bond acceptors (Lipinski definition) is 2. The first kappa shape index (κ1) is 12.2. The molecular weight excluding hydrogens is 222 g/mol. The van der Waals surface area contributed by atoms with Gasteiger partial charge in [-0.25, -0.2) is 0 Å². The van der Waals surface area contributed by atoms with Crippen molar-refractivity contribution in [3.63, 3.8) is 0 Å². The summed E-state index contributed by atoms with van der Waals surface area (Å²) in [6, 6.07) is 7.45. The van der Waals surface area contributed by atoms with Crippen LogP contribution in [0.4, 0.5) is 0 Å². The van der Waals surface area contributed by atoms with Crippen molar-refractivity contribution < 1.29 is 5.11 Å². The standard InChI is InChI=1S/C16H23NO/c1-11-6-7-12(2)15(8-11)16(18)9-13-4-3-5-14(10-16)17-13/h6-8,13-14,17-18H,3-5,9-10H2,1-2H3. The number of hydrogen-bond donors (Lipinski definition) is 2. The van der Waals surface area contributed by atoms with Gasteiger partial charge in [0.1, 0.15) is 0 Å². The van der Waals surface area contributed by atoms with E-state index >= 15 is 0 Å². The van der Waals surface area contributed by atoms with E-state index in [1.165, 1.54) is 30.4 Å². The molecule has 0 saturated carbocycles. The molecule has 2 bridgehead atoms.